The van der Waals surface area contributed by atoms with Crippen molar-refractivity contribution in [2.45, 2.75) is 13.8 Å². The number of amidine groups is 1. The Morgan fingerprint density at radius 1 is 1.33 bits per heavy atom. The van der Waals surface area contributed by atoms with Gasteiger partial charge >= 0.3 is 0 Å². The third-order valence-corrected chi connectivity index (χ3v) is 3.04. The Balaban J connectivity index is 2.34. The van der Waals surface area contributed by atoms with E-state index >= 15 is 0 Å². The Kier molecular flexibility index (Phi) is 3.93. The fraction of sp³-hybridized carbons (Fsp3) is 0.214. The Labute approximate surface area is 122 Å². The van der Waals surface area contributed by atoms with Crippen LogP contribution < -0.4 is 11.1 Å². The number of nitrogens with zero attached hydrogens (tertiary/aromatic N) is 3. The fourth-order valence-electron chi connectivity index (χ4n) is 2.11. The zero-order valence-electron chi connectivity index (χ0n) is 12.1. The van der Waals surface area contributed by atoms with E-state index < -0.39 is 0 Å². The summed E-state index contributed by atoms with van der Waals surface area (Å²) in [5, 5.41) is 18.4. The van der Waals surface area contributed by atoms with E-state index in [1.807, 2.05) is 19.9 Å². The Morgan fingerprint density at radius 2 is 1.95 bits per heavy atom. The summed E-state index contributed by atoms with van der Waals surface area (Å²) in [5.74, 6) is -0.0225. The van der Waals surface area contributed by atoms with Gasteiger partial charge in [-0.25, -0.2) is 0 Å². The molecule has 7 nitrogen and oxygen atoms in total. The number of nitrogens with one attached hydrogen (secondary N) is 1. The summed E-state index contributed by atoms with van der Waals surface area (Å²) in [5.41, 5.74) is 8.47. The van der Waals surface area contributed by atoms with Crippen molar-refractivity contribution in [1.29, 1.82) is 0 Å². The van der Waals surface area contributed by atoms with E-state index in [0.717, 1.165) is 11.1 Å². The minimum absolute atomic E-state index is 0.112. The number of oxime groups is 1. The summed E-state index contributed by atoms with van der Waals surface area (Å²) in [4.78, 5) is 12.3. The molecular weight excluding hydrogens is 270 g/mol. The van der Waals surface area contributed by atoms with Crippen molar-refractivity contribution < 1.29 is 10.0 Å². The van der Waals surface area contributed by atoms with E-state index in [1.165, 1.54) is 10.9 Å². The lowest BCUT2D eigenvalue weighted by Crippen LogP contribution is -2.20. The van der Waals surface area contributed by atoms with Crippen LogP contribution in [0.15, 0.2) is 29.6 Å². The maximum absolute atomic E-state index is 12.3. The van der Waals surface area contributed by atoms with Crippen molar-refractivity contribution in [1.82, 2.24) is 9.78 Å². The lowest BCUT2D eigenvalue weighted by atomic mass is 10.1. The topological polar surface area (TPSA) is 106 Å². The first-order valence-electron chi connectivity index (χ1n) is 6.32. The van der Waals surface area contributed by atoms with E-state index in [9.17, 15) is 4.79 Å². The molecule has 110 valence electrons. The summed E-state index contributed by atoms with van der Waals surface area (Å²) in [6.07, 6.45) is 1.42. The highest BCUT2D eigenvalue weighted by Crippen LogP contribution is 2.16. The van der Waals surface area contributed by atoms with Gasteiger partial charge in [0.25, 0.3) is 5.91 Å². The minimum atomic E-state index is -0.280. The molecule has 1 aromatic carbocycles. The van der Waals surface area contributed by atoms with Crippen molar-refractivity contribution in [2.75, 3.05) is 5.32 Å². The van der Waals surface area contributed by atoms with E-state index in [0.29, 0.717) is 16.9 Å². The number of aryl methyl sites for hydroxylation is 3. The Bertz CT molecular complexity index is 698. The molecule has 0 atom stereocenters. The third-order valence-electron chi connectivity index (χ3n) is 3.04. The molecule has 1 amide bonds. The van der Waals surface area contributed by atoms with Crippen LogP contribution in [-0.4, -0.2) is 26.7 Å². The van der Waals surface area contributed by atoms with Crippen LogP contribution in [0.1, 0.15) is 27.0 Å². The summed E-state index contributed by atoms with van der Waals surface area (Å²) in [6.45, 7) is 3.85. The molecule has 0 aliphatic carbocycles. The van der Waals surface area contributed by atoms with Crippen molar-refractivity contribution in [3.05, 3.63) is 46.6 Å². The normalized spacial score (nSPS) is 11.5. The number of anilines is 1. The quantitative estimate of drug-likeness (QED) is 0.343. The predicted molar refractivity (Wildman–Crippen MR) is 79.6 cm³/mol. The average molecular weight is 287 g/mol. The number of hydrogen-bond acceptors (Lipinski definition) is 4. The zero-order chi connectivity index (χ0) is 15.6. The van der Waals surface area contributed by atoms with Crippen LogP contribution in [0.25, 0.3) is 0 Å². The molecule has 0 aliphatic rings. The van der Waals surface area contributed by atoms with Crippen molar-refractivity contribution in [3.63, 3.8) is 0 Å². The summed E-state index contributed by atoms with van der Waals surface area (Å²) < 4.78 is 1.45. The van der Waals surface area contributed by atoms with Crippen LogP contribution in [-0.2, 0) is 7.05 Å². The molecule has 7 heteroatoms. The second-order valence-electron chi connectivity index (χ2n) is 4.85. The highest BCUT2D eigenvalue weighted by atomic mass is 16.4. The number of amides is 1. The van der Waals surface area contributed by atoms with Gasteiger partial charge in [-0.05, 0) is 26.0 Å². The smallest absolute Gasteiger partial charge is 0.256 e. The van der Waals surface area contributed by atoms with Crippen LogP contribution in [0, 0.1) is 13.8 Å². The maximum atomic E-state index is 12.3. The molecule has 2 rings (SSSR count). The number of carbonyl (C=O) groups excluding carboxylic acids is 1. The Hall–Kier alpha value is -2.83. The molecule has 2 aromatic rings. The van der Waals surface area contributed by atoms with Gasteiger partial charge in [-0.2, -0.15) is 5.10 Å². The van der Waals surface area contributed by atoms with Gasteiger partial charge in [0.2, 0.25) is 0 Å². The molecule has 0 spiro atoms. The van der Waals surface area contributed by atoms with Gasteiger partial charge in [0.15, 0.2) is 5.84 Å². The maximum Gasteiger partial charge on any atom is 0.256 e. The first kappa shape index (κ1) is 14.6. The summed E-state index contributed by atoms with van der Waals surface area (Å²) in [6, 6.07) is 5.58. The van der Waals surface area contributed by atoms with Gasteiger partial charge in [0, 0.05) is 12.6 Å². The first-order chi connectivity index (χ1) is 9.92. The Morgan fingerprint density at radius 3 is 2.52 bits per heavy atom. The van der Waals surface area contributed by atoms with E-state index in [1.54, 1.807) is 19.2 Å². The highest BCUT2D eigenvalue weighted by Gasteiger charge is 2.16. The van der Waals surface area contributed by atoms with Crippen LogP contribution in [0.4, 0.5) is 5.82 Å². The van der Waals surface area contributed by atoms with Crippen LogP contribution in [0.2, 0.25) is 0 Å². The number of aromatic nitrogens is 2. The highest BCUT2D eigenvalue weighted by molar-refractivity contribution is 6.09. The second-order valence-corrected chi connectivity index (χ2v) is 4.85. The molecule has 0 saturated heterocycles. The number of hydrogen-bond donors (Lipinski definition) is 3. The molecule has 1 heterocycles. The molecule has 0 unspecified atom stereocenters. The van der Waals surface area contributed by atoms with Gasteiger partial charge in [-0.15, -0.1) is 0 Å². The third kappa shape index (κ3) is 3.02. The lowest BCUT2D eigenvalue weighted by molar-refractivity contribution is 0.102. The molecule has 0 radical (unpaired) electrons. The van der Waals surface area contributed by atoms with Gasteiger partial charge in [-0.3, -0.25) is 9.48 Å². The van der Waals surface area contributed by atoms with E-state index in [2.05, 4.69) is 15.6 Å². The molecule has 0 aliphatic heterocycles. The molecule has 0 saturated carbocycles. The summed E-state index contributed by atoms with van der Waals surface area (Å²) >= 11 is 0. The van der Waals surface area contributed by atoms with Gasteiger partial charge in [0.05, 0.1) is 11.8 Å². The van der Waals surface area contributed by atoms with Crippen LogP contribution in [0.5, 0.6) is 0 Å². The molecule has 0 bridgehead atoms. The van der Waals surface area contributed by atoms with Crippen LogP contribution in [0.3, 0.4) is 0 Å². The second kappa shape index (κ2) is 5.66. The molecule has 0 fully saturated rings. The summed E-state index contributed by atoms with van der Waals surface area (Å²) in [7, 11) is 1.66. The molecule has 21 heavy (non-hydrogen) atoms. The fourth-order valence-corrected chi connectivity index (χ4v) is 2.11. The number of rotatable bonds is 3. The van der Waals surface area contributed by atoms with E-state index in [-0.39, 0.29) is 11.7 Å². The standard InChI is InChI=1S/C14H17N5O2/c1-8-4-9(2)6-10(5-8)14(20)17-13-11(12(15)18-21)7-16-19(13)3/h4-7,21H,1-3H3,(H2,15,18)(H,17,20). The number of carbonyl (C=O) groups is 1. The zero-order valence-corrected chi connectivity index (χ0v) is 12.1. The molecule has 1 aromatic heterocycles. The van der Waals surface area contributed by atoms with Gasteiger partial charge in [-0.1, -0.05) is 22.3 Å². The number of nitrogens with two attached hydrogens (primary N) is 1. The minimum Gasteiger partial charge on any atom is -0.409 e. The SMILES string of the molecule is Cc1cc(C)cc(C(=O)Nc2c(C(N)=NO)cnn2C)c1. The monoisotopic (exact) mass is 287 g/mol. The first-order valence-corrected chi connectivity index (χ1v) is 6.32. The van der Waals surface area contributed by atoms with Crippen molar-refractivity contribution in [2.24, 2.45) is 17.9 Å². The average Bonchev–Trinajstić information content (AvgIpc) is 2.78. The predicted octanol–water partition coefficient (Wildman–Crippen LogP) is 1.38. The lowest BCUT2D eigenvalue weighted by Gasteiger charge is -2.09. The van der Waals surface area contributed by atoms with Gasteiger partial charge in [0.1, 0.15) is 5.82 Å². The van der Waals surface area contributed by atoms with Crippen molar-refractivity contribution in [3.8, 4) is 0 Å². The largest absolute Gasteiger partial charge is 0.409 e. The molecular formula is C14H17N5O2. The van der Waals surface area contributed by atoms with Gasteiger partial charge < -0.3 is 16.3 Å². The van der Waals surface area contributed by atoms with Crippen molar-refractivity contribution >= 4 is 17.6 Å². The van der Waals surface area contributed by atoms with Crippen LogP contribution >= 0.6 is 0 Å². The molecule has 4 N–H and O–H groups in total. The number of benzene rings is 1. The van der Waals surface area contributed by atoms with E-state index in [4.69, 9.17) is 10.9 Å².